The van der Waals surface area contributed by atoms with Gasteiger partial charge in [-0.25, -0.2) is 4.98 Å². The summed E-state index contributed by atoms with van der Waals surface area (Å²) in [5, 5.41) is 13.4. The molecule has 0 bridgehead atoms. The number of unbranched alkanes of at least 4 members (excludes halogenated alkanes) is 7. The van der Waals surface area contributed by atoms with Crippen LogP contribution in [-0.2, 0) is 11.2 Å². The maximum absolute atomic E-state index is 10.7. The summed E-state index contributed by atoms with van der Waals surface area (Å²) in [6.45, 7) is 3.60. The molecule has 0 saturated heterocycles. The average Bonchev–Trinajstić information content (AvgIpc) is 3.28. The summed E-state index contributed by atoms with van der Waals surface area (Å²) >= 11 is 6.42. The van der Waals surface area contributed by atoms with Crippen molar-refractivity contribution in [2.75, 3.05) is 13.2 Å². The average molecular weight is 487 g/mol. The molecule has 2 heterocycles. The number of nitrogens with zero attached hydrogens (tertiary/aromatic N) is 1. The number of aliphatic carboxylic acids is 1. The molecule has 0 fully saturated rings. The van der Waals surface area contributed by atoms with E-state index in [2.05, 4.69) is 29.4 Å². The standard InChI is InChI=1S/C20H32ClN.C8H7NO3/c1-2-3-4-5-6-7-8-9-16-22-19-15-11-13-17-12-10-14-18(21)20(17)19;10-8(11)6-4-12-7-5(6)2-1-3-9-7/h10,12,14,19,22H,2-9,11,13,15-16H2,1H3;1-3,6H,4H2,(H,10,11)/t19-;6-/m11/s1. The number of pyridine rings is 1. The van der Waals surface area contributed by atoms with E-state index in [0.717, 1.165) is 11.6 Å². The number of carboxylic acid groups (broad SMARTS) is 1. The van der Waals surface area contributed by atoms with Crippen molar-refractivity contribution in [3.05, 3.63) is 58.2 Å². The van der Waals surface area contributed by atoms with Crippen molar-refractivity contribution in [3.63, 3.8) is 0 Å². The Labute approximate surface area is 209 Å². The molecule has 2 N–H and O–H groups in total. The molecule has 1 aromatic carbocycles. The number of fused-ring (bicyclic) bond motifs is 2. The second-order valence-corrected chi connectivity index (χ2v) is 9.69. The number of nitrogens with one attached hydrogen (secondary N) is 1. The van der Waals surface area contributed by atoms with Gasteiger partial charge < -0.3 is 15.2 Å². The Bertz CT molecular complexity index is 905. The maximum atomic E-state index is 10.7. The number of rotatable bonds is 11. The van der Waals surface area contributed by atoms with Crippen LogP contribution in [0, 0.1) is 0 Å². The van der Waals surface area contributed by atoms with E-state index < -0.39 is 11.9 Å². The molecule has 4 rings (SSSR count). The minimum absolute atomic E-state index is 0.196. The lowest BCUT2D eigenvalue weighted by molar-refractivity contribution is -0.138. The van der Waals surface area contributed by atoms with Gasteiger partial charge in [-0.15, -0.1) is 0 Å². The van der Waals surface area contributed by atoms with Gasteiger partial charge in [-0.05, 0) is 55.5 Å². The molecule has 1 aliphatic carbocycles. The summed E-state index contributed by atoms with van der Waals surface area (Å²) in [6.07, 6.45) is 16.3. The Morgan fingerprint density at radius 1 is 1.12 bits per heavy atom. The number of benzene rings is 1. The van der Waals surface area contributed by atoms with Gasteiger partial charge in [0.15, 0.2) is 0 Å². The fraction of sp³-hybridized carbons (Fsp3) is 0.571. The van der Waals surface area contributed by atoms with Crippen LogP contribution in [0.1, 0.15) is 99.8 Å². The van der Waals surface area contributed by atoms with Crippen LogP contribution in [0.25, 0.3) is 0 Å². The first-order chi connectivity index (χ1) is 16.6. The third kappa shape index (κ3) is 7.71. The molecular weight excluding hydrogens is 448 g/mol. The molecule has 2 aromatic rings. The van der Waals surface area contributed by atoms with E-state index in [0.29, 0.717) is 17.5 Å². The van der Waals surface area contributed by atoms with Crippen molar-refractivity contribution in [1.29, 1.82) is 0 Å². The number of aryl methyl sites for hydroxylation is 1. The lowest BCUT2D eigenvalue weighted by Gasteiger charge is -2.27. The molecule has 0 spiro atoms. The highest BCUT2D eigenvalue weighted by atomic mass is 35.5. The van der Waals surface area contributed by atoms with E-state index in [1.54, 1.807) is 18.3 Å². The quantitative estimate of drug-likeness (QED) is 0.332. The van der Waals surface area contributed by atoms with Gasteiger partial charge in [0.1, 0.15) is 12.5 Å². The fourth-order valence-electron chi connectivity index (χ4n) is 4.82. The second-order valence-electron chi connectivity index (χ2n) is 9.29. The Hall–Kier alpha value is -2.11. The van der Waals surface area contributed by atoms with Gasteiger partial charge in [0.2, 0.25) is 5.88 Å². The van der Waals surface area contributed by atoms with Crippen LogP contribution >= 0.6 is 11.6 Å². The molecule has 0 radical (unpaired) electrons. The third-order valence-corrected chi connectivity index (χ3v) is 7.04. The minimum Gasteiger partial charge on any atom is -0.481 e. The van der Waals surface area contributed by atoms with E-state index >= 15 is 0 Å². The highest BCUT2D eigenvalue weighted by Gasteiger charge is 2.30. The lowest BCUT2D eigenvalue weighted by Crippen LogP contribution is -2.26. The Kier molecular flexibility index (Phi) is 11.2. The van der Waals surface area contributed by atoms with Crippen LogP contribution in [0.2, 0.25) is 5.02 Å². The largest absolute Gasteiger partial charge is 0.481 e. The SMILES string of the molecule is CCCCCCCCCCN[C@@H]1CCCc2cccc(Cl)c21.O=C(O)[C@@H]1COc2ncccc21. The molecule has 6 heteroatoms. The van der Waals surface area contributed by atoms with Gasteiger partial charge in [-0.2, -0.15) is 0 Å². The summed E-state index contributed by atoms with van der Waals surface area (Å²) in [7, 11) is 0. The van der Waals surface area contributed by atoms with Crippen molar-refractivity contribution in [3.8, 4) is 5.88 Å². The number of ether oxygens (including phenoxy) is 1. The van der Waals surface area contributed by atoms with E-state index in [1.165, 1.54) is 81.8 Å². The zero-order valence-corrected chi connectivity index (χ0v) is 21.2. The molecule has 186 valence electrons. The lowest BCUT2D eigenvalue weighted by atomic mass is 9.87. The fourth-order valence-corrected chi connectivity index (χ4v) is 5.14. The summed E-state index contributed by atoms with van der Waals surface area (Å²) in [5.74, 6) is -0.958. The monoisotopic (exact) mass is 486 g/mol. The molecule has 34 heavy (non-hydrogen) atoms. The van der Waals surface area contributed by atoms with Crippen LogP contribution in [0.15, 0.2) is 36.5 Å². The first-order valence-corrected chi connectivity index (χ1v) is 13.3. The Balaban J connectivity index is 0.000000226. The van der Waals surface area contributed by atoms with E-state index in [4.69, 9.17) is 21.4 Å². The molecule has 1 aliphatic heterocycles. The van der Waals surface area contributed by atoms with Crippen molar-refractivity contribution < 1.29 is 14.6 Å². The van der Waals surface area contributed by atoms with Gasteiger partial charge in [-0.3, -0.25) is 4.79 Å². The topological polar surface area (TPSA) is 71.5 Å². The van der Waals surface area contributed by atoms with Crippen molar-refractivity contribution in [2.45, 2.75) is 89.5 Å². The van der Waals surface area contributed by atoms with Gasteiger partial charge in [0.25, 0.3) is 0 Å². The predicted molar refractivity (Wildman–Crippen MR) is 138 cm³/mol. The molecule has 0 unspecified atom stereocenters. The Morgan fingerprint density at radius 3 is 2.65 bits per heavy atom. The molecule has 2 atom stereocenters. The zero-order chi connectivity index (χ0) is 24.2. The van der Waals surface area contributed by atoms with Crippen LogP contribution < -0.4 is 10.1 Å². The molecular formula is C28H39ClN2O3. The van der Waals surface area contributed by atoms with Crippen LogP contribution in [0.4, 0.5) is 0 Å². The van der Waals surface area contributed by atoms with Crippen molar-refractivity contribution >= 4 is 17.6 Å². The predicted octanol–water partition coefficient (Wildman–Crippen LogP) is 7.09. The zero-order valence-electron chi connectivity index (χ0n) is 20.4. The third-order valence-electron chi connectivity index (χ3n) is 6.71. The maximum Gasteiger partial charge on any atom is 0.314 e. The molecule has 0 amide bonds. The molecule has 5 nitrogen and oxygen atoms in total. The molecule has 2 aliphatic rings. The summed E-state index contributed by atoms with van der Waals surface area (Å²) in [5.41, 5.74) is 3.49. The highest BCUT2D eigenvalue weighted by molar-refractivity contribution is 6.31. The number of halogens is 1. The number of hydrogen-bond donors (Lipinski definition) is 2. The van der Waals surface area contributed by atoms with E-state index in [1.807, 2.05) is 6.07 Å². The van der Waals surface area contributed by atoms with Crippen LogP contribution in [0.3, 0.4) is 0 Å². The number of carboxylic acids is 1. The van der Waals surface area contributed by atoms with Gasteiger partial charge in [0.05, 0.1) is 0 Å². The highest BCUT2D eigenvalue weighted by Crippen LogP contribution is 2.35. The van der Waals surface area contributed by atoms with Crippen LogP contribution in [0.5, 0.6) is 5.88 Å². The Morgan fingerprint density at radius 2 is 1.88 bits per heavy atom. The molecule has 0 saturated carbocycles. The normalized spacial score (nSPS) is 18.3. The first-order valence-electron chi connectivity index (χ1n) is 12.9. The van der Waals surface area contributed by atoms with Crippen molar-refractivity contribution in [2.24, 2.45) is 0 Å². The first kappa shape index (κ1) is 26.5. The van der Waals surface area contributed by atoms with Gasteiger partial charge >= 0.3 is 5.97 Å². The van der Waals surface area contributed by atoms with Crippen molar-refractivity contribution in [1.82, 2.24) is 10.3 Å². The van der Waals surface area contributed by atoms with E-state index in [9.17, 15) is 4.79 Å². The number of carbonyl (C=O) groups is 1. The smallest absolute Gasteiger partial charge is 0.314 e. The summed E-state index contributed by atoms with van der Waals surface area (Å²) < 4.78 is 5.08. The molecule has 1 aromatic heterocycles. The number of hydrogen-bond acceptors (Lipinski definition) is 4. The second kappa shape index (κ2) is 14.3. The van der Waals surface area contributed by atoms with Gasteiger partial charge in [-0.1, -0.05) is 81.7 Å². The summed E-state index contributed by atoms with van der Waals surface area (Å²) in [4.78, 5) is 14.6. The number of aromatic nitrogens is 1. The van der Waals surface area contributed by atoms with E-state index in [-0.39, 0.29) is 6.61 Å². The van der Waals surface area contributed by atoms with Crippen LogP contribution in [-0.4, -0.2) is 29.2 Å². The minimum atomic E-state index is -0.859. The summed E-state index contributed by atoms with van der Waals surface area (Å²) in [6, 6.07) is 10.3. The van der Waals surface area contributed by atoms with Gasteiger partial charge in [0, 0.05) is 22.8 Å².